The quantitative estimate of drug-likeness (QED) is 0.660. The number of hydrogen-bond acceptors (Lipinski definition) is 2. The lowest BCUT2D eigenvalue weighted by atomic mass is 9.62. The molecule has 2 nitrogen and oxygen atoms in total. The SMILES string of the molecule is CCCCCCOC1CC(N)C1(C)CC. The van der Waals surface area contributed by atoms with Crippen molar-refractivity contribution in [2.45, 2.75) is 71.4 Å². The third-order valence-electron chi connectivity index (χ3n) is 4.13. The Morgan fingerprint density at radius 3 is 2.53 bits per heavy atom. The molecule has 0 aromatic heterocycles. The first-order valence-corrected chi connectivity index (χ1v) is 6.52. The number of nitrogens with two attached hydrogens (primary N) is 1. The van der Waals surface area contributed by atoms with Gasteiger partial charge in [-0.1, -0.05) is 40.0 Å². The standard InChI is InChI=1S/C13H27NO/c1-4-6-7-8-9-15-12-10-11(14)13(12,3)5-2/h11-12H,4-10,14H2,1-3H3. The van der Waals surface area contributed by atoms with Crippen molar-refractivity contribution in [3.63, 3.8) is 0 Å². The van der Waals surface area contributed by atoms with Crippen LogP contribution in [0, 0.1) is 5.41 Å². The van der Waals surface area contributed by atoms with Gasteiger partial charge < -0.3 is 10.5 Å². The molecule has 1 aliphatic rings. The second-order valence-corrected chi connectivity index (χ2v) is 5.12. The summed E-state index contributed by atoms with van der Waals surface area (Å²) in [5, 5.41) is 0. The van der Waals surface area contributed by atoms with Crippen molar-refractivity contribution in [2.75, 3.05) is 6.61 Å². The van der Waals surface area contributed by atoms with Gasteiger partial charge in [-0.05, 0) is 19.3 Å². The van der Waals surface area contributed by atoms with Gasteiger partial charge in [-0.25, -0.2) is 0 Å². The van der Waals surface area contributed by atoms with Crippen LogP contribution < -0.4 is 5.73 Å². The highest BCUT2D eigenvalue weighted by Crippen LogP contribution is 2.44. The van der Waals surface area contributed by atoms with Gasteiger partial charge in [-0.2, -0.15) is 0 Å². The highest BCUT2D eigenvalue weighted by molar-refractivity contribution is 5.02. The molecule has 1 rings (SSSR count). The van der Waals surface area contributed by atoms with Crippen molar-refractivity contribution in [3.05, 3.63) is 0 Å². The molecule has 0 aromatic rings. The smallest absolute Gasteiger partial charge is 0.0658 e. The van der Waals surface area contributed by atoms with Crippen LogP contribution in [0.2, 0.25) is 0 Å². The zero-order valence-corrected chi connectivity index (χ0v) is 10.6. The number of unbranched alkanes of at least 4 members (excludes halogenated alkanes) is 3. The van der Waals surface area contributed by atoms with E-state index in [0.717, 1.165) is 19.4 Å². The van der Waals surface area contributed by atoms with Crippen molar-refractivity contribution in [2.24, 2.45) is 11.1 Å². The fourth-order valence-corrected chi connectivity index (χ4v) is 2.35. The highest BCUT2D eigenvalue weighted by Gasteiger charge is 2.48. The molecule has 1 aliphatic carbocycles. The van der Waals surface area contributed by atoms with Crippen molar-refractivity contribution >= 4 is 0 Å². The Morgan fingerprint density at radius 1 is 1.27 bits per heavy atom. The van der Waals surface area contributed by atoms with Gasteiger partial charge in [0.25, 0.3) is 0 Å². The second-order valence-electron chi connectivity index (χ2n) is 5.12. The summed E-state index contributed by atoms with van der Waals surface area (Å²) in [7, 11) is 0. The second kappa shape index (κ2) is 5.86. The van der Waals surface area contributed by atoms with Crippen LogP contribution in [0.3, 0.4) is 0 Å². The Hall–Kier alpha value is -0.0800. The first-order valence-electron chi connectivity index (χ1n) is 6.52. The van der Waals surface area contributed by atoms with Crippen LogP contribution in [-0.4, -0.2) is 18.8 Å². The van der Waals surface area contributed by atoms with Crippen LogP contribution in [0.15, 0.2) is 0 Å². The molecule has 0 radical (unpaired) electrons. The summed E-state index contributed by atoms with van der Waals surface area (Å²) in [6.07, 6.45) is 7.74. The minimum atomic E-state index is 0.241. The number of rotatable bonds is 7. The van der Waals surface area contributed by atoms with Crippen LogP contribution >= 0.6 is 0 Å². The Bertz CT molecular complexity index is 183. The maximum atomic E-state index is 6.03. The number of hydrogen-bond donors (Lipinski definition) is 1. The fraction of sp³-hybridized carbons (Fsp3) is 1.00. The summed E-state index contributed by atoms with van der Waals surface area (Å²) in [5.74, 6) is 0. The van der Waals surface area contributed by atoms with Crippen LogP contribution in [-0.2, 0) is 4.74 Å². The van der Waals surface area contributed by atoms with Gasteiger partial charge in [0.2, 0.25) is 0 Å². The third-order valence-corrected chi connectivity index (χ3v) is 4.13. The summed E-state index contributed by atoms with van der Waals surface area (Å²) in [4.78, 5) is 0. The van der Waals surface area contributed by atoms with Gasteiger partial charge in [-0.3, -0.25) is 0 Å². The van der Waals surface area contributed by atoms with E-state index in [-0.39, 0.29) is 5.41 Å². The van der Waals surface area contributed by atoms with Crippen molar-refractivity contribution in [1.29, 1.82) is 0 Å². The lowest BCUT2D eigenvalue weighted by Crippen LogP contribution is -2.60. The molecule has 0 bridgehead atoms. The summed E-state index contributed by atoms with van der Waals surface area (Å²) in [5.41, 5.74) is 6.27. The lowest BCUT2D eigenvalue weighted by Gasteiger charge is -2.51. The van der Waals surface area contributed by atoms with Crippen molar-refractivity contribution in [1.82, 2.24) is 0 Å². The van der Waals surface area contributed by atoms with E-state index in [0.29, 0.717) is 12.1 Å². The molecule has 90 valence electrons. The van der Waals surface area contributed by atoms with E-state index in [2.05, 4.69) is 20.8 Å². The first kappa shape index (κ1) is 13.0. The summed E-state index contributed by atoms with van der Waals surface area (Å²) in [6.45, 7) is 7.64. The summed E-state index contributed by atoms with van der Waals surface area (Å²) in [6, 6.07) is 0.350. The van der Waals surface area contributed by atoms with Gasteiger partial charge in [0.15, 0.2) is 0 Å². The molecular formula is C13H27NO. The van der Waals surface area contributed by atoms with E-state index >= 15 is 0 Å². The van der Waals surface area contributed by atoms with E-state index in [4.69, 9.17) is 10.5 Å². The van der Waals surface area contributed by atoms with Gasteiger partial charge >= 0.3 is 0 Å². The van der Waals surface area contributed by atoms with Gasteiger partial charge in [0, 0.05) is 18.1 Å². The Labute approximate surface area is 94.6 Å². The minimum Gasteiger partial charge on any atom is -0.378 e. The molecule has 0 heterocycles. The van der Waals surface area contributed by atoms with Crippen LogP contribution in [0.1, 0.15) is 59.3 Å². The third kappa shape index (κ3) is 2.94. The summed E-state index contributed by atoms with van der Waals surface area (Å²) < 4.78 is 5.92. The topological polar surface area (TPSA) is 35.2 Å². The molecular weight excluding hydrogens is 186 g/mol. The molecule has 1 fully saturated rings. The average Bonchev–Trinajstić information content (AvgIpc) is 2.26. The largest absolute Gasteiger partial charge is 0.378 e. The van der Waals surface area contributed by atoms with Gasteiger partial charge in [0.1, 0.15) is 0 Å². The minimum absolute atomic E-state index is 0.241. The Kier molecular flexibility index (Phi) is 5.07. The van der Waals surface area contributed by atoms with Crippen molar-refractivity contribution in [3.8, 4) is 0 Å². The lowest BCUT2D eigenvalue weighted by molar-refractivity contribution is -0.119. The molecule has 2 N–H and O–H groups in total. The summed E-state index contributed by atoms with van der Waals surface area (Å²) >= 11 is 0. The van der Waals surface area contributed by atoms with E-state index in [9.17, 15) is 0 Å². The van der Waals surface area contributed by atoms with Crippen LogP contribution in [0.25, 0.3) is 0 Å². The van der Waals surface area contributed by atoms with E-state index in [1.165, 1.54) is 25.7 Å². The molecule has 2 heteroatoms. The predicted molar refractivity (Wildman–Crippen MR) is 64.9 cm³/mol. The Balaban J connectivity index is 2.12. The van der Waals surface area contributed by atoms with Crippen LogP contribution in [0.5, 0.6) is 0 Å². The molecule has 0 saturated heterocycles. The maximum Gasteiger partial charge on any atom is 0.0658 e. The number of ether oxygens (including phenoxy) is 1. The van der Waals surface area contributed by atoms with Gasteiger partial charge in [0.05, 0.1) is 6.10 Å². The first-order chi connectivity index (χ1) is 7.15. The molecule has 3 unspecified atom stereocenters. The maximum absolute atomic E-state index is 6.03. The normalized spacial score (nSPS) is 35.2. The monoisotopic (exact) mass is 213 g/mol. The zero-order chi connectivity index (χ0) is 11.3. The van der Waals surface area contributed by atoms with Crippen LogP contribution in [0.4, 0.5) is 0 Å². The average molecular weight is 213 g/mol. The molecule has 15 heavy (non-hydrogen) atoms. The predicted octanol–water partition coefficient (Wildman–Crippen LogP) is 3.10. The van der Waals surface area contributed by atoms with E-state index in [1.54, 1.807) is 0 Å². The van der Waals surface area contributed by atoms with E-state index < -0.39 is 0 Å². The molecule has 0 spiro atoms. The van der Waals surface area contributed by atoms with Crippen molar-refractivity contribution < 1.29 is 4.74 Å². The highest BCUT2D eigenvalue weighted by atomic mass is 16.5. The Morgan fingerprint density at radius 2 is 2.00 bits per heavy atom. The molecule has 0 amide bonds. The fourth-order valence-electron chi connectivity index (χ4n) is 2.35. The molecule has 0 aliphatic heterocycles. The van der Waals surface area contributed by atoms with Gasteiger partial charge in [-0.15, -0.1) is 0 Å². The molecule has 1 saturated carbocycles. The molecule has 3 atom stereocenters. The molecule has 0 aromatic carbocycles. The van der Waals surface area contributed by atoms with E-state index in [1.807, 2.05) is 0 Å². The zero-order valence-electron chi connectivity index (χ0n) is 10.6.